The lowest BCUT2D eigenvalue weighted by molar-refractivity contribution is 0.0599. The van der Waals surface area contributed by atoms with E-state index in [1.165, 1.54) is 13.2 Å². The lowest BCUT2D eigenvalue weighted by Crippen LogP contribution is -2.11. The van der Waals surface area contributed by atoms with Gasteiger partial charge in [-0.15, -0.1) is 0 Å². The largest absolute Gasteiger partial charge is 0.465 e. The Bertz CT molecular complexity index is 890. The van der Waals surface area contributed by atoms with E-state index in [4.69, 9.17) is 16.3 Å². The number of hydrogen-bond acceptors (Lipinski definition) is 4. The Hall–Kier alpha value is -0.890. The minimum absolute atomic E-state index is 0.0142. The first-order chi connectivity index (χ1) is 11.2. The van der Waals surface area contributed by atoms with Gasteiger partial charge in [-0.3, -0.25) is 0 Å². The van der Waals surface area contributed by atoms with Crippen LogP contribution in [0.5, 0.6) is 0 Å². The summed E-state index contributed by atoms with van der Waals surface area (Å²) in [5.74, 6) is -0.884. The quantitative estimate of drug-likeness (QED) is 0.563. The number of aryl methyl sites for hydroxylation is 1. The van der Waals surface area contributed by atoms with Crippen LogP contribution in [0.25, 0.3) is 0 Å². The van der Waals surface area contributed by atoms with E-state index < -0.39 is 15.8 Å². The van der Waals surface area contributed by atoms with Gasteiger partial charge >= 0.3 is 5.97 Å². The maximum atomic E-state index is 12.8. The Morgan fingerprint density at radius 2 is 1.88 bits per heavy atom. The van der Waals surface area contributed by atoms with Crippen molar-refractivity contribution in [2.24, 2.45) is 0 Å². The summed E-state index contributed by atoms with van der Waals surface area (Å²) in [4.78, 5) is 11.8. The number of carbonyl (C=O) groups excluding carboxylic acids is 1. The molecule has 8 heteroatoms. The molecule has 0 fully saturated rings. The van der Waals surface area contributed by atoms with Crippen LogP contribution < -0.4 is 0 Å². The van der Waals surface area contributed by atoms with E-state index >= 15 is 0 Å². The number of halogens is 3. The molecule has 0 saturated heterocycles. The molecule has 0 aliphatic rings. The van der Waals surface area contributed by atoms with Crippen molar-refractivity contribution in [3.05, 3.63) is 61.0 Å². The molecule has 0 amide bonds. The molecule has 0 atom stereocenters. The third-order valence-corrected chi connectivity index (χ3v) is 7.11. The zero-order chi connectivity index (χ0) is 18.1. The summed E-state index contributed by atoms with van der Waals surface area (Å²) in [7, 11) is -2.49. The van der Waals surface area contributed by atoms with E-state index in [0.717, 1.165) is 0 Å². The Balaban J connectivity index is 2.56. The van der Waals surface area contributed by atoms with E-state index in [9.17, 15) is 13.2 Å². The smallest absolute Gasteiger partial charge is 0.338 e. The number of benzene rings is 2. The lowest BCUT2D eigenvalue weighted by atomic mass is 10.1. The van der Waals surface area contributed by atoms with Gasteiger partial charge in [0.05, 0.1) is 23.3 Å². The van der Waals surface area contributed by atoms with Crippen LogP contribution in [0.4, 0.5) is 0 Å². The molecule has 0 aliphatic heterocycles. The first-order valence-corrected chi connectivity index (χ1v) is 10.3. The van der Waals surface area contributed by atoms with Gasteiger partial charge in [-0.05, 0) is 52.7 Å². The molecule has 24 heavy (non-hydrogen) atoms. The first-order valence-electron chi connectivity index (χ1n) is 6.71. The van der Waals surface area contributed by atoms with Crippen LogP contribution in [-0.2, 0) is 20.3 Å². The zero-order valence-electron chi connectivity index (χ0n) is 12.8. The first kappa shape index (κ1) is 19.4. The molecule has 2 aromatic carbocycles. The predicted octanol–water partition coefficient (Wildman–Crippen LogP) is 4.93. The molecule has 0 aliphatic carbocycles. The van der Waals surface area contributed by atoms with Crippen LogP contribution in [0.2, 0.25) is 5.02 Å². The Morgan fingerprint density at radius 1 is 1.21 bits per heavy atom. The Labute approximate surface area is 162 Å². The normalized spacial score (nSPS) is 11.4. The fraction of sp³-hybridized carbons (Fsp3) is 0.188. The summed E-state index contributed by atoms with van der Waals surface area (Å²) in [5, 5.41) is 0.351. The van der Waals surface area contributed by atoms with Gasteiger partial charge in [0.15, 0.2) is 9.84 Å². The topological polar surface area (TPSA) is 60.4 Å². The highest BCUT2D eigenvalue weighted by molar-refractivity contribution is 9.10. The molecular weight excluding hydrogens is 484 g/mol. The number of methoxy groups -OCH3 is 1. The van der Waals surface area contributed by atoms with Gasteiger partial charge in [-0.25, -0.2) is 13.2 Å². The van der Waals surface area contributed by atoms with E-state index in [2.05, 4.69) is 31.9 Å². The summed E-state index contributed by atoms with van der Waals surface area (Å²) in [5.41, 5.74) is 1.29. The number of ether oxygens (including phenoxy) is 1. The van der Waals surface area contributed by atoms with Crippen molar-refractivity contribution in [3.63, 3.8) is 0 Å². The van der Waals surface area contributed by atoms with Crippen molar-refractivity contribution in [1.29, 1.82) is 0 Å². The van der Waals surface area contributed by atoms with Crippen molar-refractivity contribution in [3.8, 4) is 0 Å². The average molecular weight is 497 g/mol. The van der Waals surface area contributed by atoms with Crippen LogP contribution in [-0.4, -0.2) is 21.5 Å². The van der Waals surface area contributed by atoms with Gasteiger partial charge in [0, 0.05) is 19.5 Å². The highest BCUT2D eigenvalue weighted by Crippen LogP contribution is 2.32. The Kier molecular flexibility index (Phi) is 6.12. The summed E-state index contributed by atoms with van der Waals surface area (Å²) in [6.07, 6.45) is 0. The fourth-order valence-corrected chi connectivity index (χ4v) is 5.98. The highest BCUT2D eigenvalue weighted by atomic mass is 79.9. The maximum Gasteiger partial charge on any atom is 0.338 e. The van der Waals surface area contributed by atoms with Gasteiger partial charge in [-0.1, -0.05) is 33.6 Å². The molecule has 0 radical (unpaired) electrons. The minimum atomic E-state index is -3.74. The van der Waals surface area contributed by atoms with Crippen LogP contribution in [0.3, 0.4) is 0 Å². The SMILES string of the molecule is COC(=O)c1cc(S(=O)(=O)Cc2c(Cl)cccc2Br)c(Br)cc1C. The summed E-state index contributed by atoms with van der Waals surface area (Å²) in [6, 6.07) is 7.98. The molecule has 0 bridgehead atoms. The number of esters is 1. The lowest BCUT2D eigenvalue weighted by Gasteiger charge is -2.12. The standard InChI is InChI=1S/C16H13Br2ClO4S/c1-9-6-13(18)15(7-10(9)16(20)23-2)24(21,22)8-11-12(17)4-3-5-14(11)19/h3-7H,8H2,1-2H3. The maximum absolute atomic E-state index is 12.8. The second-order valence-corrected chi connectivity index (χ2v) is 9.12. The second kappa shape index (κ2) is 7.56. The molecule has 4 nitrogen and oxygen atoms in total. The van der Waals surface area contributed by atoms with Crippen molar-refractivity contribution in [2.45, 2.75) is 17.6 Å². The second-order valence-electron chi connectivity index (χ2n) is 5.05. The molecular formula is C16H13Br2ClO4S. The van der Waals surface area contributed by atoms with E-state index in [1.807, 2.05) is 0 Å². The van der Waals surface area contributed by atoms with Crippen LogP contribution in [0.1, 0.15) is 21.5 Å². The summed E-state index contributed by atoms with van der Waals surface area (Å²) in [6.45, 7) is 1.71. The molecule has 0 heterocycles. The van der Waals surface area contributed by atoms with E-state index in [0.29, 0.717) is 25.1 Å². The number of carbonyl (C=O) groups is 1. The van der Waals surface area contributed by atoms with Gasteiger partial charge < -0.3 is 4.74 Å². The third-order valence-electron chi connectivity index (χ3n) is 3.42. The van der Waals surface area contributed by atoms with Crippen molar-refractivity contribution < 1.29 is 17.9 Å². The summed E-state index contributed by atoms with van der Waals surface area (Å²) >= 11 is 12.7. The Morgan fingerprint density at radius 3 is 2.46 bits per heavy atom. The third kappa shape index (κ3) is 4.02. The monoisotopic (exact) mass is 494 g/mol. The fourth-order valence-electron chi connectivity index (χ4n) is 2.16. The number of sulfone groups is 1. The predicted molar refractivity (Wildman–Crippen MR) is 100 cm³/mol. The van der Waals surface area contributed by atoms with Crippen molar-refractivity contribution in [2.75, 3.05) is 7.11 Å². The number of hydrogen-bond donors (Lipinski definition) is 0. The van der Waals surface area contributed by atoms with Crippen molar-refractivity contribution in [1.82, 2.24) is 0 Å². The average Bonchev–Trinajstić information content (AvgIpc) is 2.50. The zero-order valence-corrected chi connectivity index (χ0v) is 17.5. The van der Waals surface area contributed by atoms with E-state index in [1.54, 1.807) is 31.2 Å². The molecule has 0 spiro atoms. The van der Waals surface area contributed by atoms with Gasteiger partial charge in [0.1, 0.15) is 0 Å². The van der Waals surface area contributed by atoms with Gasteiger partial charge in [-0.2, -0.15) is 0 Å². The van der Waals surface area contributed by atoms with Crippen LogP contribution >= 0.6 is 43.5 Å². The van der Waals surface area contributed by atoms with Gasteiger partial charge in [0.25, 0.3) is 0 Å². The molecule has 0 unspecified atom stereocenters. The summed E-state index contributed by atoms with van der Waals surface area (Å²) < 4.78 is 31.4. The van der Waals surface area contributed by atoms with Gasteiger partial charge in [0.2, 0.25) is 0 Å². The molecule has 2 rings (SSSR count). The molecule has 0 N–H and O–H groups in total. The van der Waals surface area contributed by atoms with Crippen LogP contribution in [0.15, 0.2) is 44.2 Å². The van der Waals surface area contributed by atoms with Crippen LogP contribution in [0, 0.1) is 6.92 Å². The van der Waals surface area contributed by atoms with E-state index in [-0.39, 0.29) is 16.2 Å². The highest BCUT2D eigenvalue weighted by Gasteiger charge is 2.24. The molecule has 0 saturated carbocycles. The molecule has 128 valence electrons. The molecule has 2 aromatic rings. The number of rotatable bonds is 4. The minimum Gasteiger partial charge on any atom is -0.465 e. The molecule has 0 aromatic heterocycles. The van der Waals surface area contributed by atoms with Crippen molar-refractivity contribution >= 4 is 59.3 Å².